The van der Waals surface area contributed by atoms with E-state index in [4.69, 9.17) is 21.1 Å². The van der Waals surface area contributed by atoms with Gasteiger partial charge in [0.2, 0.25) is 6.04 Å². The fourth-order valence-electron chi connectivity index (χ4n) is 2.92. The zero-order chi connectivity index (χ0) is 19.4. The van der Waals surface area contributed by atoms with Gasteiger partial charge in [0.15, 0.2) is 0 Å². The van der Waals surface area contributed by atoms with E-state index in [0.29, 0.717) is 22.0 Å². The lowest BCUT2D eigenvalue weighted by Gasteiger charge is -2.23. The van der Waals surface area contributed by atoms with Gasteiger partial charge in [0, 0.05) is 23.3 Å². The minimum Gasteiger partial charge on any atom is -0.464 e. The summed E-state index contributed by atoms with van der Waals surface area (Å²) < 4.78 is 10.3. The number of carbonyl (C=O) groups excluding carboxylic acids is 2. The number of fused-ring (bicyclic) bond motifs is 1. The topological polar surface area (TPSA) is 68.2 Å². The van der Waals surface area contributed by atoms with Gasteiger partial charge in [-0.2, -0.15) is 0 Å². The van der Waals surface area contributed by atoms with E-state index in [2.05, 4.69) is 4.99 Å². The molecule has 7 heteroatoms. The Morgan fingerprint density at radius 1 is 1.22 bits per heavy atom. The number of esters is 1. The first kappa shape index (κ1) is 19.1. The van der Waals surface area contributed by atoms with Crippen molar-refractivity contribution in [3.63, 3.8) is 0 Å². The van der Waals surface area contributed by atoms with Gasteiger partial charge >= 0.3 is 5.97 Å². The molecule has 0 saturated carbocycles. The number of methoxy groups -OCH3 is 1. The molecule has 0 bridgehead atoms. The Balaban J connectivity index is 2.25. The highest BCUT2D eigenvalue weighted by Crippen LogP contribution is 2.31. The highest BCUT2D eigenvalue weighted by atomic mass is 35.5. The van der Waals surface area contributed by atoms with Crippen LogP contribution in [-0.4, -0.2) is 44.1 Å². The molecule has 3 rings (SSSR count). The summed E-state index contributed by atoms with van der Waals surface area (Å²) in [6, 6.07) is 13.1. The van der Waals surface area contributed by atoms with Crippen LogP contribution in [0.3, 0.4) is 0 Å². The minimum absolute atomic E-state index is 0.0268. The van der Waals surface area contributed by atoms with E-state index in [0.717, 1.165) is 5.56 Å². The second kappa shape index (κ2) is 8.33. The van der Waals surface area contributed by atoms with Gasteiger partial charge in [-0.1, -0.05) is 41.9 Å². The number of nitrogens with zero attached hydrogens (tertiary/aromatic N) is 2. The molecule has 1 aliphatic rings. The van der Waals surface area contributed by atoms with E-state index in [1.54, 1.807) is 25.1 Å². The number of benzene rings is 2. The van der Waals surface area contributed by atoms with Crippen molar-refractivity contribution in [1.29, 1.82) is 0 Å². The highest BCUT2D eigenvalue weighted by molar-refractivity contribution is 6.32. The zero-order valence-electron chi connectivity index (χ0n) is 15.0. The van der Waals surface area contributed by atoms with Crippen LogP contribution in [0.25, 0.3) is 0 Å². The molecule has 1 unspecified atom stereocenters. The standard InChI is InChI=1S/C20H19ClN2O4/c1-3-27-20(25)18-19(24)23(12-26-2)16-10-9-14(21)11-15(16)17(22-18)13-7-5-4-6-8-13/h4-11,18H,3,12H2,1-2H3. The third kappa shape index (κ3) is 3.86. The minimum atomic E-state index is -1.32. The number of halogens is 1. The Labute approximate surface area is 162 Å². The lowest BCUT2D eigenvalue weighted by atomic mass is 10.0. The zero-order valence-corrected chi connectivity index (χ0v) is 15.8. The Bertz CT molecular complexity index is 883. The van der Waals surface area contributed by atoms with Crippen LogP contribution < -0.4 is 4.90 Å². The fourth-order valence-corrected chi connectivity index (χ4v) is 3.09. The average Bonchev–Trinajstić information content (AvgIpc) is 2.78. The average molecular weight is 387 g/mol. The molecule has 1 atom stereocenters. The van der Waals surface area contributed by atoms with Gasteiger partial charge in [0.05, 0.1) is 18.0 Å². The van der Waals surface area contributed by atoms with E-state index in [1.807, 2.05) is 30.3 Å². The van der Waals surface area contributed by atoms with Crippen molar-refractivity contribution in [3.05, 3.63) is 64.7 Å². The molecule has 0 aromatic heterocycles. The van der Waals surface area contributed by atoms with Crippen molar-refractivity contribution < 1.29 is 19.1 Å². The third-order valence-electron chi connectivity index (χ3n) is 4.08. The largest absolute Gasteiger partial charge is 0.464 e. The first-order valence-corrected chi connectivity index (χ1v) is 8.84. The van der Waals surface area contributed by atoms with Crippen molar-refractivity contribution in [2.45, 2.75) is 13.0 Å². The lowest BCUT2D eigenvalue weighted by Crippen LogP contribution is -2.43. The Morgan fingerprint density at radius 3 is 2.63 bits per heavy atom. The van der Waals surface area contributed by atoms with Gasteiger partial charge < -0.3 is 9.47 Å². The van der Waals surface area contributed by atoms with Crippen LogP contribution in [0.4, 0.5) is 5.69 Å². The molecule has 1 amide bonds. The van der Waals surface area contributed by atoms with Gasteiger partial charge in [0.1, 0.15) is 6.73 Å². The number of aliphatic imine (C=N–C) groups is 1. The molecule has 27 heavy (non-hydrogen) atoms. The molecule has 0 spiro atoms. The summed E-state index contributed by atoms with van der Waals surface area (Å²) in [6.07, 6.45) is 0. The van der Waals surface area contributed by atoms with E-state index < -0.39 is 17.9 Å². The quantitative estimate of drug-likeness (QED) is 0.585. The molecule has 1 heterocycles. The molecule has 6 nitrogen and oxygen atoms in total. The number of carbonyl (C=O) groups is 2. The molecular weight excluding hydrogens is 368 g/mol. The molecule has 1 aliphatic heterocycles. The first-order valence-electron chi connectivity index (χ1n) is 8.47. The number of rotatable bonds is 5. The van der Waals surface area contributed by atoms with E-state index in [-0.39, 0.29) is 13.3 Å². The first-order chi connectivity index (χ1) is 13.1. The van der Waals surface area contributed by atoms with Gasteiger partial charge in [-0.3, -0.25) is 14.7 Å². The number of anilines is 1. The number of benzodiazepines with no additional fused rings is 1. The summed E-state index contributed by atoms with van der Waals surface area (Å²) in [7, 11) is 1.48. The van der Waals surface area contributed by atoms with Crippen molar-refractivity contribution in [3.8, 4) is 0 Å². The van der Waals surface area contributed by atoms with Crippen LogP contribution in [0.1, 0.15) is 18.1 Å². The molecule has 0 aliphatic carbocycles. The smallest absolute Gasteiger partial charge is 0.340 e. The molecule has 2 aromatic rings. The summed E-state index contributed by atoms with van der Waals surface area (Å²) in [5.41, 5.74) is 2.48. The predicted molar refractivity (Wildman–Crippen MR) is 103 cm³/mol. The second-order valence-electron chi connectivity index (χ2n) is 5.84. The van der Waals surface area contributed by atoms with Gasteiger partial charge in [-0.05, 0) is 25.1 Å². The van der Waals surface area contributed by atoms with Crippen molar-refractivity contribution in [1.82, 2.24) is 0 Å². The molecule has 140 valence electrons. The maximum Gasteiger partial charge on any atom is 0.340 e. The number of hydrogen-bond acceptors (Lipinski definition) is 5. The van der Waals surface area contributed by atoms with Crippen LogP contribution in [0.15, 0.2) is 53.5 Å². The van der Waals surface area contributed by atoms with Crippen molar-refractivity contribution in [2.24, 2.45) is 4.99 Å². The maximum atomic E-state index is 13.1. The fraction of sp³-hybridized carbons (Fsp3) is 0.250. The number of amides is 1. The van der Waals surface area contributed by atoms with Crippen molar-refractivity contribution >= 4 is 34.9 Å². The van der Waals surface area contributed by atoms with Crippen molar-refractivity contribution in [2.75, 3.05) is 25.3 Å². The Hall–Kier alpha value is -2.70. The van der Waals surface area contributed by atoms with Crippen LogP contribution >= 0.6 is 11.6 Å². The summed E-state index contributed by atoms with van der Waals surface area (Å²) >= 11 is 6.21. The van der Waals surface area contributed by atoms with E-state index >= 15 is 0 Å². The molecular formula is C20H19ClN2O4. The molecule has 0 radical (unpaired) electrons. The van der Waals surface area contributed by atoms with Gasteiger partial charge in [-0.15, -0.1) is 0 Å². The SMILES string of the molecule is CCOC(=O)C1N=C(c2ccccc2)c2cc(Cl)ccc2N(COC)C1=O. The van der Waals surface area contributed by atoms with Crippen LogP contribution in [0.2, 0.25) is 5.02 Å². The van der Waals surface area contributed by atoms with Gasteiger partial charge in [-0.25, -0.2) is 4.79 Å². The normalized spacial score (nSPS) is 16.4. The number of hydrogen-bond donors (Lipinski definition) is 0. The summed E-state index contributed by atoms with van der Waals surface area (Å²) in [5, 5.41) is 0.497. The third-order valence-corrected chi connectivity index (χ3v) is 4.31. The molecule has 0 fully saturated rings. The molecule has 0 N–H and O–H groups in total. The molecule has 2 aromatic carbocycles. The van der Waals surface area contributed by atoms with Crippen LogP contribution in [0.5, 0.6) is 0 Å². The van der Waals surface area contributed by atoms with E-state index in [1.165, 1.54) is 12.0 Å². The Morgan fingerprint density at radius 2 is 1.96 bits per heavy atom. The second-order valence-corrected chi connectivity index (χ2v) is 6.28. The monoisotopic (exact) mass is 386 g/mol. The number of ether oxygens (including phenoxy) is 2. The Kier molecular flexibility index (Phi) is 5.88. The predicted octanol–water partition coefficient (Wildman–Crippen LogP) is 3.06. The van der Waals surface area contributed by atoms with Crippen LogP contribution in [-0.2, 0) is 19.1 Å². The maximum absolute atomic E-state index is 13.1. The summed E-state index contributed by atoms with van der Waals surface area (Å²) in [6.45, 7) is 1.81. The molecule has 0 saturated heterocycles. The lowest BCUT2D eigenvalue weighted by molar-refractivity contribution is -0.147. The van der Waals surface area contributed by atoms with Crippen LogP contribution in [0, 0.1) is 0 Å². The van der Waals surface area contributed by atoms with E-state index in [9.17, 15) is 9.59 Å². The summed E-state index contributed by atoms with van der Waals surface area (Å²) in [4.78, 5) is 31.4. The van der Waals surface area contributed by atoms with Gasteiger partial charge in [0.25, 0.3) is 5.91 Å². The summed E-state index contributed by atoms with van der Waals surface area (Å²) in [5.74, 6) is -1.21. The highest BCUT2D eigenvalue weighted by Gasteiger charge is 2.37.